The molecule has 1 saturated heterocycles. The van der Waals surface area contributed by atoms with Gasteiger partial charge in [0.15, 0.2) is 0 Å². The zero-order valence-electron chi connectivity index (χ0n) is 13.5. The first-order valence-corrected chi connectivity index (χ1v) is 7.94. The van der Waals surface area contributed by atoms with Gasteiger partial charge >= 0.3 is 0 Å². The molecule has 0 saturated carbocycles. The number of hydrogen-bond donors (Lipinski definition) is 1. The van der Waals surface area contributed by atoms with E-state index in [1.165, 1.54) is 5.56 Å². The van der Waals surface area contributed by atoms with Gasteiger partial charge in [0, 0.05) is 25.7 Å². The minimum absolute atomic E-state index is 0.292. The molecule has 1 aromatic rings. The highest BCUT2D eigenvalue weighted by Gasteiger charge is 2.19. The minimum atomic E-state index is 0.292. The van der Waals surface area contributed by atoms with Crippen molar-refractivity contribution in [1.29, 1.82) is 0 Å². The number of morpholine rings is 1. The highest BCUT2D eigenvalue weighted by atomic mass is 16.5. The van der Waals surface area contributed by atoms with Gasteiger partial charge in [-0.1, -0.05) is 24.6 Å². The number of benzene rings is 1. The molecule has 1 aromatic carbocycles. The monoisotopic (exact) mass is 292 g/mol. The first-order chi connectivity index (χ1) is 10.2. The number of aryl methyl sites for hydroxylation is 1. The van der Waals surface area contributed by atoms with Crippen LogP contribution in [0.3, 0.4) is 0 Å². The number of ether oxygens (including phenoxy) is 2. The molecule has 1 heterocycles. The Morgan fingerprint density at radius 1 is 1.38 bits per heavy atom. The van der Waals surface area contributed by atoms with Crippen molar-refractivity contribution in [3.8, 4) is 5.75 Å². The molecule has 0 bridgehead atoms. The van der Waals surface area contributed by atoms with Crippen molar-refractivity contribution in [3.63, 3.8) is 0 Å². The summed E-state index contributed by atoms with van der Waals surface area (Å²) in [6, 6.07) is 8.49. The molecule has 2 atom stereocenters. The van der Waals surface area contributed by atoms with E-state index in [-0.39, 0.29) is 0 Å². The van der Waals surface area contributed by atoms with E-state index in [1.807, 2.05) is 12.1 Å². The molecule has 2 unspecified atom stereocenters. The third kappa shape index (κ3) is 5.65. The lowest BCUT2D eigenvalue weighted by Gasteiger charge is -2.32. The molecular formula is C17H28N2O2. The molecule has 0 spiro atoms. The molecular weight excluding hydrogens is 264 g/mol. The largest absolute Gasteiger partial charge is 0.492 e. The van der Waals surface area contributed by atoms with E-state index in [9.17, 15) is 0 Å². The van der Waals surface area contributed by atoms with E-state index < -0.39 is 0 Å². The van der Waals surface area contributed by atoms with E-state index >= 15 is 0 Å². The van der Waals surface area contributed by atoms with Crippen LogP contribution < -0.4 is 10.1 Å². The van der Waals surface area contributed by atoms with Gasteiger partial charge in [-0.15, -0.1) is 0 Å². The topological polar surface area (TPSA) is 33.7 Å². The first kappa shape index (κ1) is 16.3. The smallest absolute Gasteiger partial charge is 0.119 e. The fourth-order valence-corrected chi connectivity index (χ4v) is 2.44. The second kappa shape index (κ2) is 8.37. The third-order valence-corrected chi connectivity index (χ3v) is 3.89. The van der Waals surface area contributed by atoms with Gasteiger partial charge in [-0.25, -0.2) is 0 Å². The summed E-state index contributed by atoms with van der Waals surface area (Å²) < 4.78 is 11.6. The van der Waals surface area contributed by atoms with Crippen LogP contribution >= 0.6 is 0 Å². The SMILES string of the molecule is CCN1CCOC(CNC(C)COc2ccc(C)cc2)C1. The van der Waals surface area contributed by atoms with Crippen molar-refractivity contribution >= 4 is 0 Å². The lowest BCUT2D eigenvalue weighted by Crippen LogP contribution is -2.48. The Balaban J connectivity index is 1.65. The normalized spacial score (nSPS) is 21.2. The van der Waals surface area contributed by atoms with Crippen LogP contribution in [0.15, 0.2) is 24.3 Å². The number of hydrogen-bond acceptors (Lipinski definition) is 4. The van der Waals surface area contributed by atoms with E-state index in [2.05, 4.69) is 43.1 Å². The molecule has 1 aliphatic rings. The van der Waals surface area contributed by atoms with Crippen LogP contribution in [0.5, 0.6) is 5.75 Å². The summed E-state index contributed by atoms with van der Waals surface area (Å²) in [5, 5.41) is 3.50. The van der Waals surface area contributed by atoms with Crippen LogP contribution in [0.2, 0.25) is 0 Å². The number of likely N-dealkylation sites (N-methyl/N-ethyl adjacent to an activating group) is 1. The molecule has 0 aromatic heterocycles. The van der Waals surface area contributed by atoms with Crippen LogP contribution in [0.4, 0.5) is 0 Å². The van der Waals surface area contributed by atoms with Gasteiger partial charge in [0.05, 0.1) is 12.7 Å². The molecule has 0 radical (unpaired) electrons. The molecule has 118 valence electrons. The van der Waals surface area contributed by atoms with Crippen LogP contribution in [0.25, 0.3) is 0 Å². The average molecular weight is 292 g/mol. The minimum Gasteiger partial charge on any atom is -0.492 e. The highest BCUT2D eigenvalue weighted by molar-refractivity contribution is 5.26. The van der Waals surface area contributed by atoms with Crippen molar-refractivity contribution in [2.45, 2.75) is 32.9 Å². The van der Waals surface area contributed by atoms with Crippen LogP contribution in [-0.2, 0) is 4.74 Å². The Hall–Kier alpha value is -1.10. The van der Waals surface area contributed by atoms with Gasteiger partial charge in [-0.2, -0.15) is 0 Å². The van der Waals surface area contributed by atoms with Crippen molar-refractivity contribution in [1.82, 2.24) is 10.2 Å². The van der Waals surface area contributed by atoms with Gasteiger partial charge in [0.2, 0.25) is 0 Å². The zero-order valence-corrected chi connectivity index (χ0v) is 13.5. The zero-order chi connectivity index (χ0) is 15.1. The summed E-state index contributed by atoms with van der Waals surface area (Å²) in [5.41, 5.74) is 1.25. The summed E-state index contributed by atoms with van der Waals surface area (Å²) >= 11 is 0. The summed E-state index contributed by atoms with van der Waals surface area (Å²) in [6.07, 6.45) is 0.292. The number of rotatable bonds is 7. The van der Waals surface area contributed by atoms with E-state index in [0.29, 0.717) is 18.8 Å². The van der Waals surface area contributed by atoms with Gasteiger partial charge in [-0.05, 0) is 32.5 Å². The van der Waals surface area contributed by atoms with Crippen molar-refractivity contribution in [2.75, 3.05) is 39.4 Å². The third-order valence-electron chi connectivity index (χ3n) is 3.89. The molecule has 21 heavy (non-hydrogen) atoms. The fourth-order valence-electron chi connectivity index (χ4n) is 2.44. The summed E-state index contributed by atoms with van der Waals surface area (Å²) in [7, 11) is 0. The van der Waals surface area contributed by atoms with Gasteiger partial charge in [-0.3, -0.25) is 4.90 Å². The van der Waals surface area contributed by atoms with E-state index in [0.717, 1.165) is 38.5 Å². The first-order valence-electron chi connectivity index (χ1n) is 7.94. The highest BCUT2D eigenvalue weighted by Crippen LogP contribution is 2.11. The van der Waals surface area contributed by atoms with E-state index in [1.54, 1.807) is 0 Å². The predicted molar refractivity (Wildman–Crippen MR) is 86.0 cm³/mol. The second-order valence-corrected chi connectivity index (χ2v) is 5.82. The van der Waals surface area contributed by atoms with Gasteiger partial charge < -0.3 is 14.8 Å². The summed E-state index contributed by atoms with van der Waals surface area (Å²) in [6.45, 7) is 12.0. The molecule has 2 rings (SSSR count). The van der Waals surface area contributed by atoms with Crippen LogP contribution in [0, 0.1) is 6.92 Å². The Morgan fingerprint density at radius 2 is 2.14 bits per heavy atom. The Labute approximate surface area is 128 Å². The van der Waals surface area contributed by atoms with Crippen LogP contribution in [0.1, 0.15) is 19.4 Å². The molecule has 0 amide bonds. The second-order valence-electron chi connectivity index (χ2n) is 5.82. The van der Waals surface area contributed by atoms with E-state index in [4.69, 9.17) is 9.47 Å². The standard InChI is InChI=1S/C17H28N2O2/c1-4-19-9-10-20-17(12-19)11-18-15(3)13-21-16-7-5-14(2)6-8-16/h5-8,15,17-18H,4,9-13H2,1-3H3. The lowest BCUT2D eigenvalue weighted by molar-refractivity contribution is -0.0266. The maximum Gasteiger partial charge on any atom is 0.119 e. The molecule has 1 aliphatic heterocycles. The lowest BCUT2D eigenvalue weighted by atomic mass is 10.2. The summed E-state index contributed by atoms with van der Waals surface area (Å²) in [4.78, 5) is 2.43. The van der Waals surface area contributed by atoms with Crippen molar-refractivity contribution in [2.24, 2.45) is 0 Å². The van der Waals surface area contributed by atoms with Crippen LogP contribution in [-0.4, -0.2) is 56.4 Å². The maximum absolute atomic E-state index is 5.79. The quantitative estimate of drug-likeness (QED) is 0.834. The Kier molecular flexibility index (Phi) is 6.49. The van der Waals surface area contributed by atoms with Crippen molar-refractivity contribution < 1.29 is 9.47 Å². The van der Waals surface area contributed by atoms with Gasteiger partial charge in [0.1, 0.15) is 12.4 Å². The fraction of sp³-hybridized carbons (Fsp3) is 0.647. The predicted octanol–water partition coefficient (Wildman–Crippen LogP) is 2.07. The maximum atomic E-state index is 5.79. The number of nitrogens with zero attached hydrogens (tertiary/aromatic N) is 1. The molecule has 1 N–H and O–H groups in total. The average Bonchev–Trinajstić information content (AvgIpc) is 2.52. The van der Waals surface area contributed by atoms with Crippen molar-refractivity contribution in [3.05, 3.63) is 29.8 Å². The summed E-state index contributed by atoms with van der Waals surface area (Å²) in [5.74, 6) is 0.931. The Bertz CT molecular complexity index is 408. The molecule has 4 nitrogen and oxygen atoms in total. The van der Waals surface area contributed by atoms with Gasteiger partial charge in [0.25, 0.3) is 0 Å². The molecule has 1 fully saturated rings. The number of nitrogens with one attached hydrogen (secondary N) is 1. The Morgan fingerprint density at radius 3 is 2.86 bits per heavy atom. The molecule has 4 heteroatoms. The molecule has 0 aliphatic carbocycles.